The Bertz CT molecular complexity index is 321. The van der Waals surface area contributed by atoms with Gasteiger partial charge in [-0.05, 0) is 17.7 Å². The van der Waals surface area contributed by atoms with Gasteiger partial charge in [-0.1, -0.05) is 0 Å². The largest absolute Gasteiger partial charge is 0.303 e. The summed E-state index contributed by atoms with van der Waals surface area (Å²) in [6, 6.07) is 3.40. The molecule has 0 aliphatic carbocycles. The molecular formula is C9H8F2N2. The van der Waals surface area contributed by atoms with E-state index in [0.717, 1.165) is 6.07 Å². The fourth-order valence-electron chi connectivity index (χ4n) is 1.34. The van der Waals surface area contributed by atoms with Crippen LogP contribution in [0.15, 0.2) is 23.3 Å². The highest BCUT2D eigenvalue weighted by molar-refractivity contribution is 5.60. The van der Waals surface area contributed by atoms with Gasteiger partial charge < -0.3 is 5.43 Å². The van der Waals surface area contributed by atoms with Gasteiger partial charge in [0.05, 0.1) is 6.04 Å². The Morgan fingerprint density at radius 2 is 1.92 bits per heavy atom. The van der Waals surface area contributed by atoms with Crippen LogP contribution in [0.1, 0.15) is 18.0 Å². The Balaban J connectivity index is 2.29. The summed E-state index contributed by atoms with van der Waals surface area (Å²) in [5, 5.41) is 3.78. The van der Waals surface area contributed by atoms with Gasteiger partial charge in [-0.15, -0.1) is 0 Å². The van der Waals surface area contributed by atoms with Crippen molar-refractivity contribution in [2.24, 2.45) is 5.10 Å². The molecule has 2 nitrogen and oxygen atoms in total. The van der Waals surface area contributed by atoms with Crippen molar-refractivity contribution >= 4 is 6.21 Å². The normalized spacial score (nSPS) is 20.3. The number of nitrogens with zero attached hydrogens (tertiary/aromatic N) is 1. The first-order valence-electron chi connectivity index (χ1n) is 3.99. The highest BCUT2D eigenvalue weighted by Crippen LogP contribution is 2.20. The lowest BCUT2D eigenvalue weighted by atomic mass is 10.1. The molecule has 0 saturated heterocycles. The minimum atomic E-state index is -0.552. The average molecular weight is 182 g/mol. The Morgan fingerprint density at radius 3 is 2.46 bits per heavy atom. The molecule has 0 aromatic heterocycles. The second kappa shape index (κ2) is 3.12. The van der Waals surface area contributed by atoms with Crippen LogP contribution in [0.4, 0.5) is 8.78 Å². The summed E-state index contributed by atoms with van der Waals surface area (Å²) in [5.74, 6) is -1.10. The van der Waals surface area contributed by atoms with E-state index >= 15 is 0 Å². The molecule has 1 atom stereocenters. The molecule has 0 unspecified atom stereocenters. The van der Waals surface area contributed by atoms with E-state index in [4.69, 9.17) is 0 Å². The molecule has 2 rings (SSSR count). The molecule has 1 aliphatic rings. The first-order chi connectivity index (χ1) is 6.25. The molecule has 0 bridgehead atoms. The molecular weight excluding hydrogens is 174 g/mol. The maximum Gasteiger partial charge on any atom is 0.126 e. The Kier molecular flexibility index (Phi) is 1.96. The summed E-state index contributed by atoms with van der Waals surface area (Å²) in [7, 11) is 0. The Morgan fingerprint density at radius 1 is 1.23 bits per heavy atom. The lowest BCUT2D eigenvalue weighted by molar-refractivity contribution is 0.561. The molecule has 68 valence electrons. The maximum atomic E-state index is 12.8. The summed E-state index contributed by atoms with van der Waals surface area (Å²) in [4.78, 5) is 0. The molecule has 1 aromatic rings. The molecule has 1 heterocycles. The van der Waals surface area contributed by atoms with E-state index in [2.05, 4.69) is 10.5 Å². The summed E-state index contributed by atoms with van der Waals surface area (Å²) >= 11 is 0. The maximum absolute atomic E-state index is 12.8. The number of hydrogen-bond acceptors (Lipinski definition) is 2. The third-order valence-corrected chi connectivity index (χ3v) is 1.95. The van der Waals surface area contributed by atoms with Gasteiger partial charge in [0.25, 0.3) is 0 Å². The first-order valence-corrected chi connectivity index (χ1v) is 3.99. The van der Waals surface area contributed by atoms with Crippen molar-refractivity contribution in [3.05, 3.63) is 35.4 Å². The van der Waals surface area contributed by atoms with Crippen LogP contribution in [0.5, 0.6) is 0 Å². The third kappa shape index (κ3) is 1.66. The molecule has 0 spiro atoms. The number of halogens is 2. The van der Waals surface area contributed by atoms with Crippen LogP contribution in [-0.4, -0.2) is 6.21 Å². The van der Waals surface area contributed by atoms with Crippen molar-refractivity contribution in [3.8, 4) is 0 Å². The molecule has 0 radical (unpaired) electrons. The quantitative estimate of drug-likeness (QED) is 0.705. The zero-order chi connectivity index (χ0) is 9.26. The highest BCUT2D eigenvalue weighted by atomic mass is 19.1. The minimum absolute atomic E-state index is 0.0924. The molecule has 4 heteroatoms. The third-order valence-electron chi connectivity index (χ3n) is 1.95. The van der Waals surface area contributed by atoms with E-state index in [1.54, 1.807) is 6.21 Å². The van der Waals surface area contributed by atoms with Gasteiger partial charge in [0.1, 0.15) is 11.6 Å². The van der Waals surface area contributed by atoms with Gasteiger partial charge in [0.2, 0.25) is 0 Å². The summed E-state index contributed by atoms with van der Waals surface area (Å²) < 4.78 is 25.5. The fraction of sp³-hybridized carbons (Fsp3) is 0.222. The molecule has 1 aliphatic heterocycles. The fourth-order valence-corrected chi connectivity index (χ4v) is 1.34. The number of hydrazone groups is 1. The van der Waals surface area contributed by atoms with Gasteiger partial charge in [0, 0.05) is 18.7 Å². The molecule has 13 heavy (non-hydrogen) atoms. The van der Waals surface area contributed by atoms with Crippen molar-refractivity contribution in [1.29, 1.82) is 0 Å². The standard InChI is InChI=1S/C9H8F2N2/c10-7-3-6(4-8(11)5-7)9-1-2-12-13-9/h2-5,9,13H,1H2/t9-/m0/s1. The smallest absolute Gasteiger partial charge is 0.126 e. The summed E-state index contributed by atoms with van der Waals surface area (Å²) in [6.45, 7) is 0. The molecule has 0 saturated carbocycles. The van der Waals surface area contributed by atoms with Crippen LogP contribution in [0.25, 0.3) is 0 Å². The van der Waals surface area contributed by atoms with Crippen LogP contribution >= 0.6 is 0 Å². The SMILES string of the molecule is Fc1cc(F)cc([C@@H]2CC=NN2)c1. The van der Waals surface area contributed by atoms with Gasteiger partial charge in [-0.25, -0.2) is 8.78 Å². The topological polar surface area (TPSA) is 24.4 Å². The highest BCUT2D eigenvalue weighted by Gasteiger charge is 2.14. The van der Waals surface area contributed by atoms with E-state index in [-0.39, 0.29) is 6.04 Å². The lowest BCUT2D eigenvalue weighted by Crippen LogP contribution is -2.10. The second-order valence-electron chi connectivity index (χ2n) is 2.93. The van der Waals surface area contributed by atoms with E-state index < -0.39 is 11.6 Å². The predicted octanol–water partition coefficient (Wildman–Crippen LogP) is 1.98. The summed E-state index contributed by atoms with van der Waals surface area (Å²) in [6.07, 6.45) is 2.36. The van der Waals surface area contributed by atoms with Crippen molar-refractivity contribution in [1.82, 2.24) is 5.43 Å². The van der Waals surface area contributed by atoms with Crippen LogP contribution in [0.3, 0.4) is 0 Å². The van der Waals surface area contributed by atoms with E-state index in [0.29, 0.717) is 12.0 Å². The van der Waals surface area contributed by atoms with Crippen LogP contribution in [0.2, 0.25) is 0 Å². The minimum Gasteiger partial charge on any atom is -0.303 e. The van der Waals surface area contributed by atoms with Crippen molar-refractivity contribution in [2.75, 3.05) is 0 Å². The van der Waals surface area contributed by atoms with Crippen molar-refractivity contribution < 1.29 is 8.78 Å². The summed E-state index contributed by atoms with van der Waals surface area (Å²) in [5.41, 5.74) is 3.36. The van der Waals surface area contributed by atoms with Crippen molar-refractivity contribution in [2.45, 2.75) is 12.5 Å². The van der Waals surface area contributed by atoms with Crippen LogP contribution < -0.4 is 5.43 Å². The lowest BCUT2D eigenvalue weighted by Gasteiger charge is -2.09. The number of rotatable bonds is 1. The van der Waals surface area contributed by atoms with Crippen LogP contribution in [-0.2, 0) is 0 Å². The zero-order valence-electron chi connectivity index (χ0n) is 6.80. The van der Waals surface area contributed by atoms with Crippen molar-refractivity contribution in [3.63, 3.8) is 0 Å². The first kappa shape index (κ1) is 8.16. The zero-order valence-corrected chi connectivity index (χ0v) is 6.80. The Labute approximate surface area is 74.3 Å². The molecule has 0 fully saturated rings. The molecule has 1 N–H and O–H groups in total. The van der Waals surface area contributed by atoms with Gasteiger partial charge in [-0.3, -0.25) is 0 Å². The Hall–Kier alpha value is -1.45. The predicted molar refractivity (Wildman–Crippen MR) is 45.3 cm³/mol. The molecule has 0 amide bonds. The van der Waals surface area contributed by atoms with Gasteiger partial charge >= 0.3 is 0 Å². The van der Waals surface area contributed by atoms with E-state index in [1.165, 1.54) is 12.1 Å². The monoisotopic (exact) mass is 182 g/mol. The number of hydrogen-bond donors (Lipinski definition) is 1. The second-order valence-corrected chi connectivity index (χ2v) is 2.93. The number of nitrogens with one attached hydrogen (secondary N) is 1. The average Bonchev–Trinajstić information content (AvgIpc) is 2.53. The van der Waals surface area contributed by atoms with E-state index in [1.807, 2.05) is 0 Å². The van der Waals surface area contributed by atoms with Gasteiger partial charge in [0.15, 0.2) is 0 Å². The van der Waals surface area contributed by atoms with E-state index in [9.17, 15) is 8.78 Å². The van der Waals surface area contributed by atoms with Crippen LogP contribution in [0, 0.1) is 11.6 Å². The van der Waals surface area contributed by atoms with Gasteiger partial charge in [-0.2, -0.15) is 5.10 Å². The number of benzene rings is 1. The molecule has 1 aromatic carbocycles.